The maximum Gasteiger partial charge on any atom is 0.296 e. The predicted molar refractivity (Wildman–Crippen MR) is 139 cm³/mol. The molecule has 0 saturated carbocycles. The molecule has 2 heterocycles. The van der Waals surface area contributed by atoms with Crippen molar-refractivity contribution in [2.75, 3.05) is 19.1 Å². The van der Waals surface area contributed by atoms with Crippen LogP contribution in [0.1, 0.15) is 16.1 Å². The number of benzene rings is 3. The lowest BCUT2D eigenvalue weighted by molar-refractivity contribution is 0.0988. The van der Waals surface area contributed by atoms with Gasteiger partial charge in [0.1, 0.15) is 11.3 Å². The van der Waals surface area contributed by atoms with E-state index in [-0.39, 0.29) is 11.3 Å². The molecule has 0 fully saturated rings. The number of hydrogen-bond acceptors (Lipinski definition) is 4. The summed E-state index contributed by atoms with van der Waals surface area (Å²) in [5.74, 6) is 0.0963. The first-order chi connectivity index (χ1) is 16.8. The zero-order valence-electron chi connectivity index (χ0n) is 19.7. The van der Waals surface area contributed by atoms with Gasteiger partial charge in [-0.1, -0.05) is 47.5 Å². The van der Waals surface area contributed by atoms with E-state index >= 15 is 0 Å². The monoisotopic (exact) mass is 486 g/mol. The summed E-state index contributed by atoms with van der Waals surface area (Å²) < 4.78 is 8.56. The molecule has 0 N–H and O–H groups in total. The number of amides is 1. The summed E-state index contributed by atoms with van der Waals surface area (Å²) in [6.07, 6.45) is 0. The molecule has 2 aromatic heterocycles. The van der Waals surface area contributed by atoms with E-state index in [1.54, 1.807) is 25.2 Å². The van der Waals surface area contributed by atoms with Crippen LogP contribution in [0.5, 0.6) is 5.75 Å². The fraction of sp³-hybridized carbons (Fsp3) is 0.148. The van der Waals surface area contributed by atoms with Crippen LogP contribution >= 0.6 is 11.6 Å². The van der Waals surface area contributed by atoms with E-state index in [1.165, 1.54) is 16.7 Å². The van der Waals surface area contributed by atoms with E-state index in [0.717, 1.165) is 16.5 Å². The summed E-state index contributed by atoms with van der Waals surface area (Å²) in [5, 5.41) is 6.37. The second kappa shape index (κ2) is 8.60. The fourth-order valence-corrected chi connectivity index (χ4v) is 4.55. The number of carbonyl (C=O) groups excluding carboxylic acids is 1. The third-order valence-corrected chi connectivity index (χ3v) is 6.46. The Morgan fingerprint density at radius 1 is 1.06 bits per heavy atom. The second-order valence-electron chi connectivity index (χ2n) is 8.38. The van der Waals surface area contributed by atoms with Gasteiger partial charge in [-0.25, -0.2) is 0 Å². The van der Waals surface area contributed by atoms with Crippen LogP contribution in [0.15, 0.2) is 71.5 Å². The number of ether oxygens (including phenoxy) is 1. The van der Waals surface area contributed by atoms with Crippen LogP contribution in [0.3, 0.4) is 0 Å². The van der Waals surface area contributed by atoms with E-state index in [4.69, 9.17) is 16.3 Å². The molecule has 0 unspecified atom stereocenters. The topological polar surface area (TPSA) is 69.4 Å². The third kappa shape index (κ3) is 3.65. The smallest absolute Gasteiger partial charge is 0.296 e. The number of methoxy groups -OCH3 is 1. The number of carbonyl (C=O) groups is 1. The van der Waals surface area contributed by atoms with Gasteiger partial charge in [-0.2, -0.15) is 9.78 Å². The van der Waals surface area contributed by atoms with Crippen molar-refractivity contribution in [3.63, 3.8) is 0 Å². The van der Waals surface area contributed by atoms with Gasteiger partial charge in [0.15, 0.2) is 5.69 Å². The van der Waals surface area contributed by atoms with Crippen LogP contribution in [-0.2, 0) is 7.05 Å². The summed E-state index contributed by atoms with van der Waals surface area (Å²) in [4.78, 5) is 29.1. The SMILES string of the molecule is COc1ccc(Cl)cc1N(C)C(=O)c1nn(-c2ccc(C)cc2)c(=O)c2c1c1ccccc1n2C. The Labute approximate surface area is 206 Å². The zero-order valence-corrected chi connectivity index (χ0v) is 20.5. The highest BCUT2D eigenvalue weighted by atomic mass is 35.5. The predicted octanol–water partition coefficient (Wildman–Crippen LogP) is 5.12. The molecule has 3 aromatic carbocycles. The van der Waals surface area contributed by atoms with Gasteiger partial charge >= 0.3 is 0 Å². The zero-order chi connectivity index (χ0) is 24.9. The molecule has 0 aliphatic carbocycles. The normalized spacial score (nSPS) is 11.2. The first kappa shape index (κ1) is 22.7. The minimum absolute atomic E-state index is 0.154. The van der Waals surface area contributed by atoms with Crippen molar-refractivity contribution in [1.82, 2.24) is 14.3 Å². The number of fused-ring (bicyclic) bond motifs is 3. The Morgan fingerprint density at radius 2 is 1.77 bits per heavy atom. The molecule has 176 valence electrons. The van der Waals surface area contributed by atoms with Gasteiger partial charge in [-0.3, -0.25) is 9.59 Å². The van der Waals surface area contributed by atoms with Gasteiger partial charge in [0.05, 0.1) is 18.5 Å². The van der Waals surface area contributed by atoms with Crippen molar-refractivity contribution in [3.05, 3.63) is 93.4 Å². The highest BCUT2D eigenvalue weighted by Crippen LogP contribution is 2.33. The third-order valence-electron chi connectivity index (χ3n) is 6.23. The van der Waals surface area contributed by atoms with Gasteiger partial charge < -0.3 is 14.2 Å². The van der Waals surface area contributed by atoms with E-state index in [1.807, 2.05) is 67.1 Å². The number of aryl methyl sites for hydroxylation is 2. The van der Waals surface area contributed by atoms with Crippen molar-refractivity contribution in [2.45, 2.75) is 6.92 Å². The summed E-state index contributed by atoms with van der Waals surface area (Å²) in [5.41, 5.74) is 3.20. The maximum absolute atomic E-state index is 14.0. The number of hydrogen-bond donors (Lipinski definition) is 0. The molecule has 5 rings (SSSR count). The van der Waals surface area contributed by atoms with Crippen molar-refractivity contribution < 1.29 is 9.53 Å². The van der Waals surface area contributed by atoms with Crippen molar-refractivity contribution >= 4 is 45.0 Å². The molecule has 5 aromatic rings. The summed E-state index contributed by atoms with van der Waals surface area (Å²) in [6, 6.07) is 20.1. The first-order valence-electron chi connectivity index (χ1n) is 11.0. The molecule has 0 bridgehead atoms. The number of nitrogens with zero attached hydrogens (tertiary/aromatic N) is 4. The molecule has 7 nitrogen and oxygen atoms in total. The van der Waals surface area contributed by atoms with Crippen LogP contribution < -0.4 is 15.2 Å². The number of halogens is 1. The van der Waals surface area contributed by atoms with Crippen LogP contribution in [0.2, 0.25) is 5.02 Å². The van der Waals surface area contributed by atoms with E-state index in [9.17, 15) is 9.59 Å². The lowest BCUT2D eigenvalue weighted by Gasteiger charge is -2.21. The van der Waals surface area contributed by atoms with Crippen molar-refractivity contribution in [3.8, 4) is 11.4 Å². The number of rotatable bonds is 4. The van der Waals surface area contributed by atoms with E-state index in [0.29, 0.717) is 33.0 Å². The van der Waals surface area contributed by atoms with Crippen LogP contribution in [0, 0.1) is 6.92 Å². The average molecular weight is 487 g/mol. The highest BCUT2D eigenvalue weighted by molar-refractivity contribution is 6.31. The summed E-state index contributed by atoms with van der Waals surface area (Å²) in [7, 11) is 4.99. The first-order valence-corrected chi connectivity index (χ1v) is 11.4. The molecular weight excluding hydrogens is 464 g/mol. The average Bonchev–Trinajstić information content (AvgIpc) is 3.17. The van der Waals surface area contributed by atoms with Gasteiger partial charge in [0.2, 0.25) is 0 Å². The molecule has 35 heavy (non-hydrogen) atoms. The Morgan fingerprint density at radius 3 is 2.49 bits per heavy atom. The highest BCUT2D eigenvalue weighted by Gasteiger charge is 2.27. The second-order valence-corrected chi connectivity index (χ2v) is 8.82. The standard InChI is InChI=1S/C27H23ClN4O3/c1-16-9-12-18(13-10-16)32-27(34)25-23(19-7-5-6-8-20(19)30(25)2)24(29-32)26(33)31(3)21-15-17(28)11-14-22(21)35-4/h5-15H,1-4H3. The Hall–Kier alpha value is -4.10. The number of aromatic nitrogens is 3. The Bertz CT molecular complexity index is 1670. The van der Waals surface area contributed by atoms with Gasteiger partial charge in [0.25, 0.3) is 11.5 Å². The number of para-hydroxylation sites is 1. The quantitative estimate of drug-likeness (QED) is 0.353. The van der Waals surface area contributed by atoms with Crippen LogP contribution in [-0.4, -0.2) is 34.4 Å². The lowest BCUT2D eigenvalue weighted by atomic mass is 10.1. The molecule has 0 spiro atoms. The van der Waals surface area contributed by atoms with Gasteiger partial charge in [0, 0.05) is 35.4 Å². The molecule has 0 atom stereocenters. The Kier molecular flexibility index (Phi) is 5.57. The molecule has 0 saturated heterocycles. The molecule has 0 aliphatic rings. The van der Waals surface area contributed by atoms with Crippen LogP contribution in [0.4, 0.5) is 5.69 Å². The van der Waals surface area contributed by atoms with Crippen molar-refractivity contribution in [1.29, 1.82) is 0 Å². The lowest BCUT2D eigenvalue weighted by Crippen LogP contribution is -2.32. The largest absolute Gasteiger partial charge is 0.495 e. The number of anilines is 1. The summed E-state index contributed by atoms with van der Waals surface area (Å²) >= 11 is 6.23. The minimum atomic E-state index is -0.396. The van der Waals surface area contributed by atoms with Crippen molar-refractivity contribution in [2.24, 2.45) is 7.05 Å². The van der Waals surface area contributed by atoms with Crippen LogP contribution in [0.25, 0.3) is 27.5 Å². The maximum atomic E-state index is 14.0. The fourth-order valence-electron chi connectivity index (χ4n) is 4.38. The Balaban J connectivity index is 1.83. The molecule has 8 heteroatoms. The minimum Gasteiger partial charge on any atom is -0.495 e. The van der Waals surface area contributed by atoms with Gasteiger partial charge in [-0.05, 0) is 43.3 Å². The molecule has 1 amide bonds. The van der Waals surface area contributed by atoms with Gasteiger partial charge in [-0.15, -0.1) is 0 Å². The molecule has 0 radical (unpaired) electrons. The summed E-state index contributed by atoms with van der Waals surface area (Å²) in [6.45, 7) is 1.97. The molecule has 0 aliphatic heterocycles. The molecular formula is C27H23ClN4O3. The van der Waals surface area contributed by atoms with E-state index < -0.39 is 5.91 Å². The van der Waals surface area contributed by atoms with E-state index in [2.05, 4.69) is 5.10 Å².